The molecule has 2 rings (SSSR count). The van der Waals surface area contributed by atoms with Crippen molar-refractivity contribution in [2.24, 2.45) is 5.92 Å². The van der Waals surface area contributed by atoms with Crippen molar-refractivity contribution in [2.45, 2.75) is 51.7 Å². The van der Waals surface area contributed by atoms with Gasteiger partial charge in [-0.1, -0.05) is 45.0 Å². The van der Waals surface area contributed by atoms with E-state index in [4.69, 9.17) is 4.74 Å². The van der Waals surface area contributed by atoms with Crippen LogP contribution in [0.3, 0.4) is 0 Å². The van der Waals surface area contributed by atoms with E-state index in [0.29, 0.717) is 18.1 Å². The van der Waals surface area contributed by atoms with Crippen LogP contribution in [0.25, 0.3) is 0 Å². The van der Waals surface area contributed by atoms with Gasteiger partial charge in [0.2, 0.25) is 0 Å². The molecule has 1 N–H and O–H groups in total. The maximum atomic E-state index is 5.76. The smallest absolute Gasteiger partial charge is 0.0794 e. The summed E-state index contributed by atoms with van der Waals surface area (Å²) in [4.78, 5) is 0. The van der Waals surface area contributed by atoms with Crippen LogP contribution in [-0.2, 0) is 4.74 Å². The third kappa shape index (κ3) is 3.58. The lowest BCUT2D eigenvalue weighted by atomic mass is 9.94. The molecule has 1 aromatic carbocycles. The van der Waals surface area contributed by atoms with E-state index in [1.165, 1.54) is 24.0 Å². The van der Waals surface area contributed by atoms with Gasteiger partial charge in [-0.05, 0) is 42.3 Å². The molecular weight excluding hydrogens is 234 g/mol. The number of nitrogens with one attached hydrogen (secondary N) is 1. The van der Waals surface area contributed by atoms with Crippen molar-refractivity contribution in [3.05, 3.63) is 35.4 Å². The van der Waals surface area contributed by atoms with Crippen molar-refractivity contribution in [2.75, 3.05) is 13.7 Å². The Morgan fingerprint density at radius 1 is 1.16 bits per heavy atom. The molecule has 2 heteroatoms. The van der Waals surface area contributed by atoms with Crippen molar-refractivity contribution >= 4 is 0 Å². The third-order valence-corrected chi connectivity index (χ3v) is 4.07. The number of methoxy groups -OCH3 is 1. The van der Waals surface area contributed by atoms with Gasteiger partial charge in [-0.3, -0.25) is 0 Å². The number of ether oxygens (including phenoxy) is 1. The summed E-state index contributed by atoms with van der Waals surface area (Å²) in [5, 5.41) is 3.59. The second-order valence-electron chi connectivity index (χ2n) is 5.89. The second-order valence-corrected chi connectivity index (χ2v) is 5.89. The first kappa shape index (κ1) is 14.5. The monoisotopic (exact) mass is 261 g/mol. The van der Waals surface area contributed by atoms with E-state index < -0.39 is 0 Å². The maximum Gasteiger partial charge on any atom is 0.0794 e. The Hall–Kier alpha value is -0.860. The molecular formula is C17H27NO. The molecule has 2 atom stereocenters. The first-order valence-corrected chi connectivity index (χ1v) is 7.53. The minimum atomic E-state index is 0.310. The lowest BCUT2D eigenvalue weighted by Gasteiger charge is -2.27. The number of rotatable bonds is 7. The first-order valence-electron chi connectivity index (χ1n) is 7.53. The Kier molecular flexibility index (Phi) is 5.00. The SMILES string of the molecule is CCNC(c1ccc(C(C)C)cc1)C(OC)C1CC1. The fraction of sp³-hybridized carbons (Fsp3) is 0.647. The largest absolute Gasteiger partial charge is 0.379 e. The zero-order chi connectivity index (χ0) is 13.8. The summed E-state index contributed by atoms with van der Waals surface area (Å²) < 4.78 is 5.76. The summed E-state index contributed by atoms with van der Waals surface area (Å²) in [6.07, 6.45) is 2.93. The van der Waals surface area contributed by atoms with Gasteiger partial charge in [-0.25, -0.2) is 0 Å². The molecule has 2 nitrogen and oxygen atoms in total. The second kappa shape index (κ2) is 6.53. The Labute approximate surface area is 117 Å². The van der Waals surface area contributed by atoms with E-state index in [9.17, 15) is 0 Å². The predicted octanol–water partition coefficient (Wildman–Crippen LogP) is 3.89. The maximum absolute atomic E-state index is 5.76. The summed E-state index contributed by atoms with van der Waals surface area (Å²) in [6.45, 7) is 7.61. The molecule has 0 amide bonds. The molecule has 0 aliphatic heterocycles. The molecule has 0 bridgehead atoms. The fourth-order valence-corrected chi connectivity index (χ4v) is 2.76. The molecule has 19 heavy (non-hydrogen) atoms. The van der Waals surface area contributed by atoms with Gasteiger partial charge in [0.15, 0.2) is 0 Å². The molecule has 106 valence electrons. The van der Waals surface area contributed by atoms with E-state index in [1.807, 2.05) is 7.11 Å². The number of benzene rings is 1. The molecule has 1 aliphatic carbocycles. The lowest BCUT2D eigenvalue weighted by molar-refractivity contribution is 0.0511. The minimum absolute atomic E-state index is 0.310. The van der Waals surface area contributed by atoms with Gasteiger partial charge in [0.1, 0.15) is 0 Å². The van der Waals surface area contributed by atoms with Crippen LogP contribution in [0.5, 0.6) is 0 Å². The normalized spacial score (nSPS) is 18.6. The first-order chi connectivity index (χ1) is 9.17. The molecule has 1 aromatic rings. The fourth-order valence-electron chi connectivity index (χ4n) is 2.76. The number of likely N-dealkylation sites (N-methyl/N-ethyl adjacent to an activating group) is 1. The highest BCUT2D eigenvalue weighted by atomic mass is 16.5. The van der Waals surface area contributed by atoms with Crippen LogP contribution in [0.15, 0.2) is 24.3 Å². The van der Waals surface area contributed by atoms with Crippen molar-refractivity contribution in [3.8, 4) is 0 Å². The van der Waals surface area contributed by atoms with Crippen LogP contribution in [0.1, 0.15) is 56.7 Å². The highest BCUT2D eigenvalue weighted by molar-refractivity contribution is 5.28. The molecule has 1 saturated carbocycles. The lowest BCUT2D eigenvalue weighted by Crippen LogP contribution is -2.34. The summed E-state index contributed by atoms with van der Waals surface area (Å²) in [5.41, 5.74) is 2.75. The topological polar surface area (TPSA) is 21.3 Å². The number of hydrogen-bond donors (Lipinski definition) is 1. The van der Waals surface area contributed by atoms with Crippen molar-refractivity contribution < 1.29 is 4.74 Å². The Bertz CT molecular complexity index is 381. The Morgan fingerprint density at radius 2 is 1.74 bits per heavy atom. The zero-order valence-corrected chi connectivity index (χ0v) is 12.6. The van der Waals surface area contributed by atoms with Gasteiger partial charge in [0.25, 0.3) is 0 Å². The molecule has 2 unspecified atom stereocenters. The van der Waals surface area contributed by atoms with Gasteiger partial charge in [0.05, 0.1) is 12.1 Å². The molecule has 0 heterocycles. The van der Waals surface area contributed by atoms with E-state index in [2.05, 4.69) is 50.4 Å². The average molecular weight is 261 g/mol. The summed E-state index contributed by atoms with van der Waals surface area (Å²) in [5.74, 6) is 1.33. The van der Waals surface area contributed by atoms with Gasteiger partial charge < -0.3 is 10.1 Å². The van der Waals surface area contributed by atoms with Crippen LogP contribution in [0, 0.1) is 5.92 Å². The zero-order valence-electron chi connectivity index (χ0n) is 12.6. The van der Waals surface area contributed by atoms with Crippen molar-refractivity contribution in [3.63, 3.8) is 0 Å². The minimum Gasteiger partial charge on any atom is -0.379 e. The highest BCUT2D eigenvalue weighted by Gasteiger charge is 2.37. The molecule has 0 spiro atoms. The van der Waals surface area contributed by atoms with Gasteiger partial charge >= 0.3 is 0 Å². The van der Waals surface area contributed by atoms with Crippen molar-refractivity contribution in [1.29, 1.82) is 0 Å². The van der Waals surface area contributed by atoms with Crippen LogP contribution >= 0.6 is 0 Å². The van der Waals surface area contributed by atoms with E-state index in [1.54, 1.807) is 0 Å². The molecule has 1 fully saturated rings. The number of hydrogen-bond acceptors (Lipinski definition) is 2. The predicted molar refractivity (Wildman–Crippen MR) is 80.5 cm³/mol. The van der Waals surface area contributed by atoms with Crippen LogP contribution in [-0.4, -0.2) is 19.8 Å². The van der Waals surface area contributed by atoms with Gasteiger partial charge in [-0.15, -0.1) is 0 Å². The summed E-state index contributed by atoms with van der Waals surface area (Å²) >= 11 is 0. The molecule has 0 radical (unpaired) electrons. The van der Waals surface area contributed by atoms with Crippen molar-refractivity contribution in [1.82, 2.24) is 5.32 Å². The van der Waals surface area contributed by atoms with Crippen LogP contribution in [0.4, 0.5) is 0 Å². The average Bonchev–Trinajstić information content (AvgIpc) is 3.23. The Balaban J connectivity index is 2.17. The van der Waals surface area contributed by atoms with Crippen LogP contribution < -0.4 is 5.32 Å². The summed E-state index contributed by atoms with van der Waals surface area (Å²) in [6, 6.07) is 9.35. The van der Waals surface area contributed by atoms with Gasteiger partial charge in [-0.2, -0.15) is 0 Å². The van der Waals surface area contributed by atoms with Crippen LogP contribution in [0.2, 0.25) is 0 Å². The Morgan fingerprint density at radius 3 is 2.16 bits per heavy atom. The van der Waals surface area contributed by atoms with E-state index in [-0.39, 0.29) is 0 Å². The summed E-state index contributed by atoms with van der Waals surface area (Å²) in [7, 11) is 1.84. The molecule has 1 aliphatic rings. The van der Waals surface area contributed by atoms with Gasteiger partial charge in [0, 0.05) is 7.11 Å². The quantitative estimate of drug-likeness (QED) is 0.804. The third-order valence-electron chi connectivity index (χ3n) is 4.07. The molecule has 0 aromatic heterocycles. The highest BCUT2D eigenvalue weighted by Crippen LogP contribution is 2.39. The van der Waals surface area contributed by atoms with E-state index >= 15 is 0 Å². The standard InChI is InChI=1S/C17H27NO/c1-5-18-16(17(19-4)15-10-11-15)14-8-6-13(7-9-14)12(2)3/h6-9,12,15-18H,5,10-11H2,1-4H3. The van der Waals surface area contributed by atoms with E-state index in [0.717, 1.165) is 12.5 Å². The molecule has 0 saturated heterocycles.